The quantitative estimate of drug-likeness (QED) is 0.754. The lowest BCUT2D eigenvalue weighted by molar-refractivity contribution is -0.116. The zero-order chi connectivity index (χ0) is 16.4. The van der Waals surface area contributed by atoms with Crippen molar-refractivity contribution in [1.29, 1.82) is 0 Å². The normalized spacial score (nSPS) is 13.8. The lowest BCUT2D eigenvalue weighted by Crippen LogP contribution is -2.12. The van der Waals surface area contributed by atoms with Crippen molar-refractivity contribution in [3.8, 4) is 11.4 Å². The number of carbonyl (C=O) groups is 1. The second-order valence-electron chi connectivity index (χ2n) is 5.88. The number of tetrazole rings is 1. The number of anilines is 1. The van der Waals surface area contributed by atoms with Crippen molar-refractivity contribution < 1.29 is 9.21 Å². The molecule has 1 amide bonds. The molecule has 1 fully saturated rings. The molecule has 1 aliphatic carbocycles. The van der Waals surface area contributed by atoms with Crippen molar-refractivity contribution in [3.05, 3.63) is 48.4 Å². The number of furan rings is 1. The lowest BCUT2D eigenvalue weighted by atomic mass is 10.2. The molecular formula is C17H17N5O2. The second kappa shape index (κ2) is 6.27. The molecule has 4 rings (SSSR count). The first-order chi connectivity index (χ1) is 11.8. The third kappa shape index (κ3) is 3.19. The molecule has 0 atom stereocenters. The molecule has 2 aromatic heterocycles. The van der Waals surface area contributed by atoms with Crippen LogP contribution in [0.25, 0.3) is 11.4 Å². The van der Waals surface area contributed by atoms with Crippen LogP contribution in [-0.4, -0.2) is 26.1 Å². The predicted molar refractivity (Wildman–Crippen MR) is 87.2 cm³/mol. The number of nitrogens with one attached hydrogen (secondary N) is 1. The fourth-order valence-electron chi connectivity index (χ4n) is 2.57. The van der Waals surface area contributed by atoms with E-state index in [1.807, 2.05) is 41.1 Å². The maximum atomic E-state index is 12.0. The summed E-state index contributed by atoms with van der Waals surface area (Å²) in [6.07, 6.45) is 4.84. The Balaban J connectivity index is 1.38. The van der Waals surface area contributed by atoms with Crippen LogP contribution in [-0.2, 0) is 11.2 Å². The van der Waals surface area contributed by atoms with Gasteiger partial charge in [0.05, 0.1) is 12.3 Å². The fraction of sp³-hybridized carbons (Fsp3) is 0.294. The highest BCUT2D eigenvalue weighted by Crippen LogP contribution is 2.36. The van der Waals surface area contributed by atoms with Gasteiger partial charge in [-0.1, -0.05) is 0 Å². The molecule has 122 valence electrons. The van der Waals surface area contributed by atoms with Crippen LogP contribution in [0.15, 0.2) is 47.1 Å². The van der Waals surface area contributed by atoms with Crippen LogP contribution >= 0.6 is 0 Å². The zero-order valence-corrected chi connectivity index (χ0v) is 13.1. The van der Waals surface area contributed by atoms with Gasteiger partial charge < -0.3 is 9.73 Å². The predicted octanol–water partition coefficient (Wildman–Crippen LogP) is 2.84. The molecule has 0 unspecified atom stereocenters. The largest absolute Gasteiger partial charge is 0.469 e. The van der Waals surface area contributed by atoms with Gasteiger partial charge in [-0.2, -0.15) is 0 Å². The molecule has 1 aromatic carbocycles. The van der Waals surface area contributed by atoms with Crippen LogP contribution in [0.2, 0.25) is 0 Å². The van der Waals surface area contributed by atoms with Crippen LogP contribution in [0.1, 0.15) is 31.1 Å². The molecule has 0 bridgehead atoms. The lowest BCUT2D eigenvalue weighted by Gasteiger charge is -2.06. The summed E-state index contributed by atoms with van der Waals surface area (Å²) < 4.78 is 7.10. The molecule has 1 aliphatic rings. The van der Waals surface area contributed by atoms with Crippen LogP contribution in [0, 0.1) is 0 Å². The summed E-state index contributed by atoms with van der Waals surface area (Å²) in [6, 6.07) is 11.7. The van der Waals surface area contributed by atoms with E-state index in [4.69, 9.17) is 4.42 Å². The first kappa shape index (κ1) is 14.6. The van der Waals surface area contributed by atoms with Gasteiger partial charge in [-0.3, -0.25) is 4.79 Å². The van der Waals surface area contributed by atoms with E-state index in [1.54, 1.807) is 6.26 Å². The van der Waals surface area contributed by atoms with Crippen molar-refractivity contribution in [2.75, 3.05) is 5.32 Å². The van der Waals surface area contributed by atoms with Gasteiger partial charge >= 0.3 is 0 Å². The number of rotatable bonds is 6. The Morgan fingerprint density at radius 1 is 1.25 bits per heavy atom. The minimum absolute atomic E-state index is 0.0398. The molecule has 0 spiro atoms. The maximum Gasteiger partial charge on any atom is 0.224 e. The third-order valence-electron chi connectivity index (χ3n) is 3.99. The summed E-state index contributed by atoms with van der Waals surface area (Å²) >= 11 is 0. The Labute approximate surface area is 138 Å². The number of hydrogen-bond donors (Lipinski definition) is 1. The van der Waals surface area contributed by atoms with Crippen LogP contribution in [0.4, 0.5) is 5.69 Å². The smallest absolute Gasteiger partial charge is 0.224 e. The van der Waals surface area contributed by atoms with E-state index < -0.39 is 0 Å². The summed E-state index contributed by atoms with van der Waals surface area (Å²) in [4.78, 5) is 12.0. The highest BCUT2D eigenvalue weighted by molar-refractivity contribution is 5.91. The number of benzene rings is 1. The number of amides is 1. The van der Waals surface area contributed by atoms with E-state index in [9.17, 15) is 4.79 Å². The Kier molecular flexibility index (Phi) is 3.82. The molecule has 0 aliphatic heterocycles. The van der Waals surface area contributed by atoms with E-state index in [2.05, 4.69) is 20.8 Å². The molecule has 3 aromatic rings. The van der Waals surface area contributed by atoms with Gasteiger partial charge in [0.1, 0.15) is 5.76 Å². The molecule has 0 saturated heterocycles. The average Bonchev–Trinajstić information content (AvgIpc) is 3.11. The van der Waals surface area contributed by atoms with Gasteiger partial charge in [0, 0.05) is 24.1 Å². The third-order valence-corrected chi connectivity index (χ3v) is 3.99. The molecule has 0 radical (unpaired) electrons. The van der Waals surface area contributed by atoms with E-state index >= 15 is 0 Å². The zero-order valence-electron chi connectivity index (χ0n) is 13.1. The number of carbonyl (C=O) groups excluding carboxylic acids is 1. The minimum Gasteiger partial charge on any atom is -0.469 e. The summed E-state index contributed by atoms with van der Waals surface area (Å²) in [6.45, 7) is 0. The molecule has 1 N–H and O–H groups in total. The Bertz CT molecular complexity index is 819. The van der Waals surface area contributed by atoms with Crippen LogP contribution < -0.4 is 5.32 Å². The average molecular weight is 323 g/mol. The van der Waals surface area contributed by atoms with E-state index in [0.717, 1.165) is 35.7 Å². The highest BCUT2D eigenvalue weighted by atomic mass is 16.3. The number of aromatic nitrogens is 4. The number of aryl methyl sites for hydroxylation is 1. The van der Waals surface area contributed by atoms with E-state index in [-0.39, 0.29) is 5.91 Å². The van der Waals surface area contributed by atoms with Crippen molar-refractivity contribution >= 4 is 11.6 Å². The maximum absolute atomic E-state index is 12.0. The van der Waals surface area contributed by atoms with Crippen molar-refractivity contribution in [3.63, 3.8) is 0 Å². The molecule has 7 nitrogen and oxygen atoms in total. The van der Waals surface area contributed by atoms with Gasteiger partial charge in [-0.15, -0.1) is 5.10 Å². The number of nitrogens with zero attached hydrogens (tertiary/aromatic N) is 4. The molecular weight excluding hydrogens is 306 g/mol. The fourth-order valence-corrected chi connectivity index (χ4v) is 2.57. The van der Waals surface area contributed by atoms with Gasteiger partial charge in [0.2, 0.25) is 5.91 Å². The Morgan fingerprint density at radius 3 is 2.79 bits per heavy atom. The Hall–Kier alpha value is -2.96. The van der Waals surface area contributed by atoms with E-state index in [1.165, 1.54) is 0 Å². The van der Waals surface area contributed by atoms with Crippen molar-refractivity contribution in [1.82, 2.24) is 20.2 Å². The van der Waals surface area contributed by atoms with Gasteiger partial charge in [0.15, 0.2) is 5.82 Å². The van der Waals surface area contributed by atoms with Crippen LogP contribution in [0.5, 0.6) is 0 Å². The highest BCUT2D eigenvalue weighted by Gasteiger charge is 2.28. The summed E-state index contributed by atoms with van der Waals surface area (Å²) in [7, 11) is 0. The summed E-state index contributed by atoms with van der Waals surface area (Å²) in [5.41, 5.74) is 1.70. The monoisotopic (exact) mass is 323 g/mol. The van der Waals surface area contributed by atoms with E-state index in [0.29, 0.717) is 18.9 Å². The molecule has 24 heavy (non-hydrogen) atoms. The minimum atomic E-state index is -0.0398. The second-order valence-corrected chi connectivity index (χ2v) is 5.88. The van der Waals surface area contributed by atoms with Gasteiger partial charge in [-0.25, -0.2) is 4.68 Å². The standard InChI is InChI=1S/C17H17N5O2/c23-16(10-9-15-2-1-11-24-15)18-13-5-3-12(4-6-13)17-19-20-21-22(17)14-7-8-14/h1-6,11,14H,7-10H2,(H,18,23). The first-order valence-electron chi connectivity index (χ1n) is 8.00. The molecule has 1 saturated carbocycles. The first-order valence-corrected chi connectivity index (χ1v) is 8.00. The van der Waals surface area contributed by atoms with Crippen LogP contribution in [0.3, 0.4) is 0 Å². The summed E-state index contributed by atoms with van der Waals surface area (Å²) in [5.74, 6) is 1.54. The SMILES string of the molecule is O=C(CCc1ccco1)Nc1ccc(-c2nnnn2C2CC2)cc1. The Morgan fingerprint density at radius 2 is 2.08 bits per heavy atom. The van der Waals surface area contributed by atoms with Gasteiger partial charge in [0.25, 0.3) is 0 Å². The summed E-state index contributed by atoms with van der Waals surface area (Å²) in [5, 5.41) is 14.8. The molecule has 2 heterocycles. The van der Waals surface area contributed by atoms with Crippen molar-refractivity contribution in [2.24, 2.45) is 0 Å². The topological polar surface area (TPSA) is 85.8 Å². The van der Waals surface area contributed by atoms with Crippen molar-refractivity contribution in [2.45, 2.75) is 31.7 Å². The van der Waals surface area contributed by atoms with Gasteiger partial charge in [-0.05, 0) is 59.7 Å². The number of hydrogen-bond acceptors (Lipinski definition) is 5. The molecule has 7 heteroatoms.